The van der Waals surface area contributed by atoms with E-state index in [1.54, 1.807) is 7.11 Å². The van der Waals surface area contributed by atoms with Crippen molar-refractivity contribution in [3.63, 3.8) is 0 Å². The number of methoxy groups -OCH3 is 1. The second kappa shape index (κ2) is 3.88. The van der Waals surface area contributed by atoms with Crippen molar-refractivity contribution in [1.82, 2.24) is 5.32 Å². The summed E-state index contributed by atoms with van der Waals surface area (Å²) in [6.07, 6.45) is 2.42. The minimum Gasteiger partial charge on any atom is -0.496 e. The number of nitrogens with one attached hydrogen (secondary N) is 1. The quantitative estimate of drug-likeness (QED) is 0.701. The minimum absolute atomic E-state index is 0.436. The lowest BCUT2D eigenvalue weighted by atomic mass is 10.0. The Morgan fingerprint density at radius 3 is 3.00 bits per heavy atom. The standard InChI is InChI=1S/C11H16N2O/c1-14-11-7-8(12)4-5-9(11)10-3-2-6-13-10/h4-5,7,10,13H,2-3,6,12H2,1H3. The largest absolute Gasteiger partial charge is 0.496 e. The van der Waals surface area contributed by atoms with E-state index in [4.69, 9.17) is 10.5 Å². The zero-order valence-electron chi connectivity index (χ0n) is 8.42. The van der Waals surface area contributed by atoms with Crippen LogP contribution < -0.4 is 15.8 Å². The van der Waals surface area contributed by atoms with Gasteiger partial charge in [0, 0.05) is 23.4 Å². The Morgan fingerprint density at radius 1 is 1.50 bits per heavy atom. The van der Waals surface area contributed by atoms with Crippen LogP contribution in [0.15, 0.2) is 18.2 Å². The van der Waals surface area contributed by atoms with E-state index in [0.717, 1.165) is 18.0 Å². The monoisotopic (exact) mass is 192 g/mol. The second-order valence-corrected chi connectivity index (χ2v) is 3.65. The summed E-state index contributed by atoms with van der Waals surface area (Å²) in [7, 11) is 1.69. The van der Waals surface area contributed by atoms with E-state index in [0.29, 0.717) is 6.04 Å². The van der Waals surface area contributed by atoms with Gasteiger partial charge in [-0.25, -0.2) is 0 Å². The van der Waals surface area contributed by atoms with Crippen LogP contribution in [0.4, 0.5) is 5.69 Å². The highest BCUT2D eigenvalue weighted by Gasteiger charge is 2.19. The number of anilines is 1. The zero-order valence-corrected chi connectivity index (χ0v) is 8.42. The summed E-state index contributed by atoms with van der Waals surface area (Å²) in [5.74, 6) is 0.893. The van der Waals surface area contributed by atoms with Crippen LogP contribution >= 0.6 is 0 Å². The third-order valence-corrected chi connectivity index (χ3v) is 2.69. The van der Waals surface area contributed by atoms with Crippen molar-refractivity contribution < 1.29 is 4.74 Å². The maximum absolute atomic E-state index is 5.70. The fourth-order valence-electron chi connectivity index (χ4n) is 1.97. The van der Waals surface area contributed by atoms with Gasteiger partial charge in [-0.05, 0) is 25.5 Å². The van der Waals surface area contributed by atoms with Crippen molar-refractivity contribution in [1.29, 1.82) is 0 Å². The normalized spacial score (nSPS) is 21.1. The average Bonchev–Trinajstić information content (AvgIpc) is 2.70. The first-order chi connectivity index (χ1) is 6.81. The molecule has 1 saturated heterocycles. The van der Waals surface area contributed by atoms with E-state index in [9.17, 15) is 0 Å². The molecule has 3 nitrogen and oxygen atoms in total. The summed E-state index contributed by atoms with van der Waals surface area (Å²) in [4.78, 5) is 0. The minimum atomic E-state index is 0.436. The Hall–Kier alpha value is -1.22. The van der Waals surface area contributed by atoms with Gasteiger partial charge in [-0.2, -0.15) is 0 Å². The number of nitrogen functional groups attached to an aromatic ring is 1. The molecule has 0 amide bonds. The number of ether oxygens (including phenoxy) is 1. The van der Waals surface area contributed by atoms with Gasteiger partial charge in [0.05, 0.1) is 7.11 Å². The molecule has 0 saturated carbocycles. The molecule has 1 fully saturated rings. The van der Waals surface area contributed by atoms with E-state index in [2.05, 4.69) is 11.4 Å². The summed E-state index contributed by atoms with van der Waals surface area (Å²) < 4.78 is 5.32. The van der Waals surface area contributed by atoms with Gasteiger partial charge in [0.15, 0.2) is 0 Å². The molecule has 0 spiro atoms. The Balaban J connectivity index is 2.31. The average molecular weight is 192 g/mol. The zero-order chi connectivity index (χ0) is 9.97. The first-order valence-electron chi connectivity index (χ1n) is 4.98. The molecule has 2 rings (SSSR count). The van der Waals surface area contributed by atoms with E-state index >= 15 is 0 Å². The van der Waals surface area contributed by atoms with Gasteiger partial charge >= 0.3 is 0 Å². The SMILES string of the molecule is COc1cc(N)ccc1C1CCCN1. The maximum atomic E-state index is 5.70. The molecule has 1 aliphatic rings. The summed E-state index contributed by atoms with van der Waals surface area (Å²) in [6, 6.07) is 6.30. The van der Waals surface area contributed by atoms with Crippen molar-refractivity contribution in [3.05, 3.63) is 23.8 Å². The lowest BCUT2D eigenvalue weighted by Gasteiger charge is -2.15. The predicted octanol–water partition coefficient (Wildman–Crippen LogP) is 1.70. The summed E-state index contributed by atoms with van der Waals surface area (Å²) >= 11 is 0. The molecule has 1 heterocycles. The molecule has 0 radical (unpaired) electrons. The lowest BCUT2D eigenvalue weighted by Crippen LogP contribution is -2.13. The summed E-state index contributed by atoms with van der Waals surface area (Å²) in [5.41, 5.74) is 7.68. The molecule has 76 valence electrons. The van der Waals surface area contributed by atoms with Crippen LogP contribution in [0.25, 0.3) is 0 Å². The van der Waals surface area contributed by atoms with E-state index in [1.807, 2.05) is 12.1 Å². The van der Waals surface area contributed by atoms with Crippen molar-refractivity contribution in [2.75, 3.05) is 19.4 Å². The van der Waals surface area contributed by atoms with E-state index in [-0.39, 0.29) is 0 Å². The van der Waals surface area contributed by atoms with Crippen molar-refractivity contribution in [3.8, 4) is 5.75 Å². The molecular formula is C11H16N2O. The van der Waals surface area contributed by atoms with E-state index in [1.165, 1.54) is 18.4 Å². The number of rotatable bonds is 2. The highest BCUT2D eigenvalue weighted by Crippen LogP contribution is 2.31. The Morgan fingerprint density at radius 2 is 2.36 bits per heavy atom. The predicted molar refractivity (Wildman–Crippen MR) is 57.4 cm³/mol. The van der Waals surface area contributed by atoms with Crippen LogP contribution in [-0.2, 0) is 0 Å². The molecule has 3 N–H and O–H groups in total. The second-order valence-electron chi connectivity index (χ2n) is 3.65. The molecule has 3 heteroatoms. The maximum Gasteiger partial charge on any atom is 0.125 e. The molecule has 0 aliphatic carbocycles. The van der Waals surface area contributed by atoms with Crippen LogP contribution in [-0.4, -0.2) is 13.7 Å². The van der Waals surface area contributed by atoms with Crippen molar-refractivity contribution in [2.24, 2.45) is 0 Å². The third-order valence-electron chi connectivity index (χ3n) is 2.69. The first kappa shape index (κ1) is 9.34. The summed E-state index contributed by atoms with van der Waals surface area (Å²) in [6.45, 7) is 1.10. The number of benzene rings is 1. The van der Waals surface area contributed by atoms with Crippen LogP contribution in [0.2, 0.25) is 0 Å². The number of hydrogen-bond acceptors (Lipinski definition) is 3. The number of hydrogen-bond donors (Lipinski definition) is 2. The van der Waals surface area contributed by atoms with Gasteiger partial charge in [-0.1, -0.05) is 6.07 Å². The van der Waals surface area contributed by atoms with Crippen molar-refractivity contribution in [2.45, 2.75) is 18.9 Å². The number of nitrogens with two attached hydrogens (primary N) is 1. The van der Waals surface area contributed by atoms with Gasteiger partial charge < -0.3 is 15.8 Å². The topological polar surface area (TPSA) is 47.3 Å². The van der Waals surface area contributed by atoms with Gasteiger partial charge in [0.25, 0.3) is 0 Å². The fourth-order valence-corrected chi connectivity index (χ4v) is 1.97. The molecule has 14 heavy (non-hydrogen) atoms. The molecule has 1 aromatic carbocycles. The van der Waals surface area contributed by atoms with Crippen LogP contribution in [0, 0.1) is 0 Å². The third kappa shape index (κ3) is 1.68. The summed E-state index contributed by atoms with van der Waals surface area (Å²) in [5, 5.41) is 3.45. The molecule has 1 aromatic rings. The van der Waals surface area contributed by atoms with Crippen molar-refractivity contribution >= 4 is 5.69 Å². The molecule has 1 aliphatic heterocycles. The van der Waals surface area contributed by atoms with Gasteiger partial charge in [-0.3, -0.25) is 0 Å². The molecule has 0 bridgehead atoms. The highest BCUT2D eigenvalue weighted by molar-refractivity contribution is 5.49. The molecular weight excluding hydrogens is 176 g/mol. The molecule has 1 unspecified atom stereocenters. The molecule has 1 atom stereocenters. The van der Waals surface area contributed by atoms with Gasteiger partial charge in [-0.15, -0.1) is 0 Å². The molecule has 0 aromatic heterocycles. The lowest BCUT2D eigenvalue weighted by molar-refractivity contribution is 0.403. The van der Waals surface area contributed by atoms with Crippen LogP contribution in [0.3, 0.4) is 0 Å². The smallest absolute Gasteiger partial charge is 0.125 e. The van der Waals surface area contributed by atoms with Crippen LogP contribution in [0.1, 0.15) is 24.4 Å². The highest BCUT2D eigenvalue weighted by atomic mass is 16.5. The Kier molecular flexibility index (Phi) is 2.59. The van der Waals surface area contributed by atoms with Crippen LogP contribution in [0.5, 0.6) is 5.75 Å². The first-order valence-corrected chi connectivity index (χ1v) is 4.98. The van der Waals surface area contributed by atoms with Gasteiger partial charge in [0.1, 0.15) is 5.75 Å². The fraction of sp³-hybridized carbons (Fsp3) is 0.455. The Labute approximate surface area is 84.3 Å². The Bertz CT molecular complexity index is 319. The van der Waals surface area contributed by atoms with Gasteiger partial charge in [0.2, 0.25) is 0 Å². The van der Waals surface area contributed by atoms with E-state index < -0.39 is 0 Å².